The Morgan fingerprint density at radius 2 is 1.02 bits per heavy atom. The third kappa shape index (κ3) is 13.3. The van der Waals surface area contributed by atoms with Crippen LogP contribution in [0.15, 0.2) is 84.9 Å². The van der Waals surface area contributed by atoms with Gasteiger partial charge in [-0.25, -0.2) is 0 Å². The van der Waals surface area contributed by atoms with E-state index in [4.69, 9.17) is 5.73 Å². The number of primary amides is 1. The number of phenolic OH excluding ortho intramolecular Hbond substituents is 1. The van der Waals surface area contributed by atoms with Gasteiger partial charge >= 0.3 is 0 Å². The summed E-state index contributed by atoms with van der Waals surface area (Å²) in [6.07, 6.45) is -1.33. The Morgan fingerprint density at radius 1 is 0.574 bits per heavy atom. The van der Waals surface area contributed by atoms with E-state index in [0.29, 0.717) is 5.56 Å². The SMILES string of the molecule is CC(C)C[C@@H](NC(=O)C(O)c1ccc(O)cc1)C(=O)N[C@@H](C(=O)N[C@H](Cc1ccccc1)C(=O)N[C@H](Cc1ccccc1)C(=O)N[C@H](C)C(N)=O)C(C)C. The number of phenols is 1. The average molecular weight is 745 g/mol. The molecule has 14 nitrogen and oxygen atoms in total. The highest BCUT2D eigenvalue weighted by molar-refractivity contribution is 5.96. The Bertz CT molecular complexity index is 1720. The van der Waals surface area contributed by atoms with Crippen LogP contribution < -0.4 is 32.3 Å². The number of aliphatic hydroxyl groups excluding tert-OH is 1. The van der Waals surface area contributed by atoms with Crippen molar-refractivity contribution in [2.75, 3.05) is 0 Å². The normalized spacial score (nSPS) is 14.4. The van der Waals surface area contributed by atoms with Gasteiger partial charge in [0.2, 0.25) is 29.5 Å². The van der Waals surface area contributed by atoms with Crippen LogP contribution in [0, 0.1) is 11.8 Å². The third-order valence-corrected chi connectivity index (χ3v) is 8.66. The molecular formula is C40H52N6O8. The number of carbonyl (C=O) groups is 6. The fourth-order valence-corrected chi connectivity index (χ4v) is 5.59. The van der Waals surface area contributed by atoms with Crippen molar-refractivity contribution >= 4 is 35.4 Å². The van der Waals surface area contributed by atoms with E-state index < -0.39 is 77.7 Å². The third-order valence-electron chi connectivity index (χ3n) is 8.66. The molecule has 54 heavy (non-hydrogen) atoms. The Kier molecular flexibility index (Phi) is 16.2. The first-order valence-corrected chi connectivity index (χ1v) is 17.9. The van der Waals surface area contributed by atoms with Gasteiger partial charge in [-0.05, 0) is 54.0 Å². The lowest BCUT2D eigenvalue weighted by molar-refractivity contribution is -0.137. The van der Waals surface area contributed by atoms with Crippen LogP contribution in [-0.4, -0.2) is 75.9 Å². The lowest BCUT2D eigenvalue weighted by Gasteiger charge is -2.29. The zero-order valence-electron chi connectivity index (χ0n) is 31.2. The fraction of sp³-hybridized carbons (Fsp3) is 0.400. The minimum Gasteiger partial charge on any atom is -0.508 e. The quantitative estimate of drug-likeness (QED) is 0.0896. The molecule has 0 aliphatic carbocycles. The summed E-state index contributed by atoms with van der Waals surface area (Å²) in [6, 6.07) is 17.6. The number of hydrogen-bond donors (Lipinski definition) is 8. The molecule has 3 aromatic carbocycles. The van der Waals surface area contributed by atoms with E-state index in [-0.39, 0.29) is 36.5 Å². The Labute approximate surface area is 315 Å². The molecule has 14 heteroatoms. The zero-order chi connectivity index (χ0) is 39.9. The van der Waals surface area contributed by atoms with Crippen LogP contribution in [0.1, 0.15) is 63.8 Å². The van der Waals surface area contributed by atoms with Gasteiger partial charge in [-0.2, -0.15) is 0 Å². The van der Waals surface area contributed by atoms with Crippen molar-refractivity contribution < 1.29 is 39.0 Å². The highest BCUT2D eigenvalue weighted by Gasteiger charge is 2.34. The van der Waals surface area contributed by atoms with Gasteiger partial charge in [0.25, 0.3) is 5.91 Å². The van der Waals surface area contributed by atoms with Gasteiger partial charge in [-0.3, -0.25) is 28.8 Å². The molecule has 0 aliphatic heterocycles. The van der Waals surface area contributed by atoms with E-state index in [1.54, 1.807) is 68.4 Å². The summed E-state index contributed by atoms with van der Waals surface area (Å²) in [5.41, 5.74) is 7.02. The lowest BCUT2D eigenvalue weighted by atomic mass is 9.98. The van der Waals surface area contributed by atoms with E-state index in [2.05, 4.69) is 26.6 Å². The first kappa shape index (κ1) is 42.7. The summed E-state index contributed by atoms with van der Waals surface area (Å²) < 4.78 is 0. The number of carbonyl (C=O) groups excluding carboxylic acids is 6. The van der Waals surface area contributed by atoms with Gasteiger partial charge in [0.1, 0.15) is 36.0 Å². The van der Waals surface area contributed by atoms with Crippen molar-refractivity contribution in [1.82, 2.24) is 26.6 Å². The number of benzene rings is 3. The van der Waals surface area contributed by atoms with Crippen LogP contribution >= 0.6 is 0 Å². The molecule has 0 spiro atoms. The molecular weight excluding hydrogens is 692 g/mol. The van der Waals surface area contributed by atoms with Gasteiger partial charge in [-0.1, -0.05) is 100 Å². The van der Waals surface area contributed by atoms with Crippen molar-refractivity contribution in [2.45, 2.75) is 90.2 Å². The molecule has 0 aromatic heterocycles. The monoisotopic (exact) mass is 744 g/mol. The van der Waals surface area contributed by atoms with E-state index in [1.165, 1.54) is 31.2 Å². The maximum absolute atomic E-state index is 14.0. The molecule has 0 aliphatic rings. The van der Waals surface area contributed by atoms with E-state index in [9.17, 15) is 39.0 Å². The van der Waals surface area contributed by atoms with E-state index in [1.807, 2.05) is 19.9 Å². The van der Waals surface area contributed by atoms with Crippen LogP contribution in [0.4, 0.5) is 0 Å². The minimum absolute atomic E-state index is 0.0374. The molecule has 6 atom stereocenters. The topological polar surface area (TPSA) is 229 Å². The van der Waals surface area contributed by atoms with Crippen LogP contribution in [-0.2, 0) is 41.6 Å². The van der Waals surface area contributed by atoms with Crippen LogP contribution in [0.5, 0.6) is 5.75 Å². The molecule has 6 amide bonds. The van der Waals surface area contributed by atoms with Gasteiger partial charge in [-0.15, -0.1) is 0 Å². The maximum atomic E-state index is 14.0. The van der Waals surface area contributed by atoms with E-state index >= 15 is 0 Å². The molecule has 9 N–H and O–H groups in total. The lowest BCUT2D eigenvalue weighted by Crippen LogP contribution is -2.60. The molecule has 0 saturated heterocycles. The second-order valence-corrected chi connectivity index (χ2v) is 14.0. The summed E-state index contributed by atoms with van der Waals surface area (Å²) in [5, 5.41) is 33.6. The number of nitrogens with two attached hydrogens (primary N) is 1. The summed E-state index contributed by atoms with van der Waals surface area (Å²) in [5.74, 6) is -4.86. The summed E-state index contributed by atoms with van der Waals surface area (Å²) in [6.45, 7) is 8.54. The number of nitrogens with one attached hydrogen (secondary N) is 5. The maximum Gasteiger partial charge on any atom is 0.254 e. The van der Waals surface area contributed by atoms with Crippen LogP contribution in [0.3, 0.4) is 0 Å². The molecule has 0 radical (unpaired) electrons. The first-order valence-electron chi connectivity index (χ1n) is 17.9. The van der Waals surface area contributed by atoms with Crippen molar-refractivity contribution in [1.29, 1.82) is 0 Å². The fourth-order valence-electron chi connectivity index (χ4n) is 5.59. The van der Waals surface area contributed by atoms with Gasteiger partial charge in [0.05, 0.1) is 0 Å². The van der Waals surface area contributed by atoms with E-state index in [0.717, 1.165) is 5.56 Å². The predicted octanol–water partition coefficient (Wildman–Crippen LogP) is 1.54. The average Bonchev–Trinajstić information content (AvgIpc) is 3.13. The number of hydrogen-bond acceptors (Lipinski definition) is 8. The van der Waals surface area contributed by atoms with Crippen molar-refractivity contribution in [3.63, 3.8) is 0 Å². The number of rotatable bonds is 19. The Morgan fingerprint density at radius 3 is 1.48 bits per heavy atom. The summed E-state index contributed by atoms with van der Waals surface area (Å²) in [4.78, 5) is 79.8. The molecule has 0 saturated carbocycles. The van der Waals surface area contributed by atoms with Gasteiger partial charge in [0, 0.05) is 12.8 Å². The van der Waals surface area contributed by atoms with Crippen molar-refractivity contribution in [3.8, 4) is 5.75 Å². The molecule has 3 aromatic rings. The summed E-state index contributed by atoms with van der Waals surface area (Å²) >= 11 is 0. The minimum atomic E-state index is -1.62. The largest absolute Gasteiger partial charge is 0.508 e. The van der Waals surface area contributed by atoms with Crippen LogP contribution in [0.2, 0.25) is 0 Å². The molecule has 290 valence electrons. The van der Waals surface area contributed by atoms with Gasteiger partial charge < -0.3 is 42.5 Å². The number of aromatic hydroxyl groups is 1. The molecule has 1 unspecified atom stereocenters. The second-order valence-electron chi connectivity index (χ2n) is 14.0. The highest BCUT2D eigenvalue weighted by atomic mass is 16.3. The van der Waals surface area contributed by atoms with Crippen molar-refractivity contribution in [3.05, 3.63) is 102 Å². The standard InChI is InChI=1S/C40H52N6O8/c1-23(2)20-30(45-40(54)34(48)28-16-18-29(47)19-17-28)38(52)46-33(24(3)4)39(53)44-32(22-27-14-10-7-11-15-27)37(51)43-31(21-26-12-8-6-9-13-26)36(50)42-25(5)35(41)49/h6-19,23-25,30-34,47-48H,20-22H2,1-5H3,(H2,41,49)(H,42,50)(H,43,51)(H,44,53)(H,45,54)(H,46,52)/t25-,30-,31-,32-,33-,34?/m1/s1. The number of amides is 6. The smallest absolute Gasteiger partial charge is 0.254 e. The molecule has 0 fully saturated rings. The molecule has 0 heterocycles. The predicted molar refractivity (Wildman–Crippen MR) is 202 cm³/mol. The first-order chi connectivity index (χ1) is 25.5. The second kappa shape index (κ2) is 20.5. The number of aliphatic hydroxyl groups is 1. The van der Waals surface area contributed by atoms with Crippen LogP contribution in [0.25, 0.3) is 0 Å². The van der Waals surface area contributed by atoms with Gasteiger partial charge in [0.15, 0.2) is 6.10 Å². The zero-order valence-corrected chi connectivity index (χ0v) is 31.2. The van der Waals surface area contributed by atoms with Crippen molar-refractivity contribution in [2.24, 2.45) is 17.6 Å². The Hall–Kier alpha value is -5.76. The summed E-state index contributed by atoms with van der Waals surface area (Å²) in [7, 11) is 0. The Balaban J connectivity index is 1.84. The molecule has 3 rings (SSSR count). The highest BCUT2D eigenvalue weighted by Crippen LogP contribution is 2.18. The molecule has 0 bridgehead atoms.